The highest BCUT2D eigenvalue weighted by Gasteiger charge is 2.23. The molecular weight excluding hydrogens is 250 g/mol. The number of carbonyl (C=O) groups excluding carboxylic acids is 1. The third kappa shape index (κ3) is 4.85. The minimum Gasteiger partial charge on any atom is -0.399 e. The summed E-state index contributed by atoms with van der Waals surface area (Å²) < 4.78 is 0. The zero-order valence-corrected chi connectivity index (χ0v) is 12.4. The van der Waals surface area contributed by atoms with Crippen molar-refractivity contribution in [1.29, 1.82) is 0 Å². The molecule has 4 nitrogen and oxygen atoms in total. The van der Waals surface area contributed by atoms with E-state index in [2.05, 4.69) is 30.1 Å². The maximum Gasteiger partial charge on any atom is 0.221 e. The Morgan fingerprint density at radius 3 is 2.80 bits per heavy atom. The Bertz CT molecular complexity index is 455. The molecule has 1 fully saturated rings. The Hall–Kier alpha value is -1.55. The third-order valence-electron chi connectivity index (χ3n) is 3.64. The summed E-state index contributed by atoms with van der Waals surface area (Å²) in [5.74, 6) is 0.172. The van der Waals surface area contributed by atoms with Crippen molar-refractivity contribution in [1.82, 2.24) is 10.2 Å². The van der Waals surface area contributed by atoms with Crippen molar-refractivity contribution < 1.29 is 4.79 Å². The van der Waals surface area contributed by atoms with E-state index in [1.807, 2.05) is 18.2 Å². The monoisotopic (exact) mass is 275 g/mol. The zero-order chi connectivity index (χ0) is 14.5. The fraction of sp³-hybridized carbons (Fsp3) is 0.562. The average molecular weight is 275 g/mol. The second kappa shape index (κ2) is 6.75. The topological polar surface area (TPSA) is 58.4 Å². The number of nitrogens with two attached hydrogens (primary N) is 1. The van der Waals surface area contributed by atoms with Gasteiger partial charge >= 0.3 is 0 Å². The lowest BCUT2D eigenvalue weighted by Gasteiger charge is -2.26. The molecule has 1 amide bonds. The molecule has 0 bridgehead atoms. The number of anilines is 1. The van der Waals surface area contributed by atoms with Crippen LogP contribution < -0.4 is 11.1 Å². The molecule has 0 spiro atoms. The molecule has 1 aromatic rings. The molecule has 0 atom stereocenters. The standard InChI is InChI=1S/C16H25N3O/c1-12(2)19(9-8-16(20)18-15-6-7-15)11-13-4-3-5-14(17)10-13/h3-5,10,12,15H,6-9,11,17H2,1-2H3,(H,18,20). The van der Waals surface area contributed by atoms with Crippen molar-refractivity contribution in [3.05, 3.63) is 29.8 Å². The van der Waals surface area contributed by atoms with Gasteiger partial charge in [-0.25, -0.2) is 0 Å². The van der Waals surface area contributed by atoms with E-state index < -0.39 is 0 Å². The van der Waals surface area contributed by atoms with E-state index >= 15 is 0 Å². The van der Waals surface area contributed by atoms with Crippen molar-refractivity contribution in [3.63, 3.8) is 0 Å². The zero-order valence-electron chi connectivity index (χ0n) is 12.4. The Kier molecular flexibility index (Phi) is 5.01. The third-order valence-corrected chi connectivity index (χ3v) is 3.64. The highest BCUT2D eigenvalue weighted by molar-refractivity contribution is 5.76. The number of benzene rings is 1. The van der Waals surface area contributed by atoms with Crippen LogP contribution in [0.1, 0.15) is 38.7 Å². The maximum atomic E-state index is 11.8. The first-order valence-electron chi connectivity index (χ1n) is 7.42. The van der Waals surface area contributed by atoms with E-state index in [1.165, 1.54) is 5.56 Å². The van der Waals surface area contributed by atoms with Crippen LogP contribution in [-0.4, -0.2) is 29.4 Å². The van der Waals surface area contributed by atoms with Gasteiger partial charge in [0, 0.05) is 37.3 Å². The van der Waals surface area contributed by atoms with Gasteiger partial charge in [-0.3, -0.25) is 9.69 Å². The largest absolute Gasteiger partial charge is 0.399 e. The van der Waals surface area contributed by atoms with Crippen molar-refractivity contribution in [2.24, 2.45) is 0 Å². The minimum absolute atomic E-state index is 0.172. The number of nitrogens with one attached hydrogen (secondary N) is 1. The highest BCUT2D eigenvalue weighted by Crippen LogP contribution is 2.18. The molecule has 1 saturated carbocycles. The molecule has 1 aliphatic rings. The lowest BCUT2D eigenvalue weighted by Crippen LogP contribution is -2.35. The number of hydrogen-bond donors (Lipinski definition) is 2. The van der Waals surface area contributed by atoms with Gasteiger partial charge in [-0.1, -0.05) is 12.1 Å². The second-order valence-corrected chi connectivity index (χ2v) is 5.90. The number of nitrogens with zero attached hydrogens (tertiary/aromatic N) is 1. The van der Waals surface area contributed by atoms with Crippen LogP contribution in [0.25, 0.3) is 0 Å². The first kappa shape index (κ1) is 14.9. The number of nitrogen functional groups attached to an aromatic ring is 1. The molecule has 0 saturated heterocycles. The van der Waals surface area contributed by atoms with E-state index in [9.17, 15) is 4.79 Å². The summed E-state index contributed by atoms with van der Waals surface area (Å²) in [6.07, 6.45) is 2.85. The molecule has 110 valence electrons. The highest BCUT2D eigenvalue weighted by atomic mass is 16.1. The fourth-order valence-electron chi connectivity index (χ4n) is 2.22. The summed E-state index contributed by atoms with van der Waals surface area (Å²) in [6.45, 7) is 5.93. The molecule has 0 aliphatic heterocycles. The second-order valence-electron chi connectivity index (χ2n) is 5.90. The summed E-state index contributed by atoms with van der Waals surface area (Å²) in [5.41, 5.74) is 7.80. The Morgan fingerprint density at radius 1 is 1.45 bits per heavy atom. The van der Waals surface area contributed by atoms with Crippen molar-refractivity contribution in [2.75, 3.05) is 12.3 Å². The van der Waals surface area contributed by atoms with E-state index in [4.69, 9.17) is 5.73 Å². The minimum atomic E-state index is 0.172. The van der Waals surface area contributed by atoms with E-state index in [1.54, 1.807) is 0 Å². The lowest BCUT2D eigenvalue weighted by atomic mass is 10.1. The average Bonchev–Trinajstić information content (AvgIpc) is 3.18. The van der Waals surface area contributed by atoms with Crippen LogP contribution in [0.2, 0.25) is 0 Å². The molecule has 20 heavy (non-hydrogen) atoms. The predicted octanol–water partition coefficient (Wildman–Crippen LogP) is 2.15. The van der Waals surface area contributed by atoms with E-state index in [0.29, 0.717) is 18.5 Å². The molecule has 1 aromatic carbocycles. The molecule has 0 radical (unpaired) electrons. The van der Waals surface area contributed by atoms with Crippen LogP contribution in [0.3, 0.4) is 0 Å². The van der Waals surface area contributed by atoms with Crippen molar-refractivity contribution >= 4 is 11.6 Å². The molecule has 3 N–H and O–H groups in total. The summed E-state index contributed by atoms with van der Waals surface area (Å²) in [6, 6.07) is 8.80. The molecule has 2 rings (SSSR count). The molecule has 4 heteroatoms. The first-order chi connectivity index (χ1) is 9.54. The quantitative estimate of drug-likeness (QED) is 0.750. The predicted molar refractivity (Wildman–Crippen MR) is 82.2 cm³/mol. The van der Waals surface area contributed by atoms with Gasteiger partial charge in [-0.2, -0.15) is 0 Å². The fourth-order valence-corrected chi connectivity index (χ4v) is 2.22. The van der Waals surface area contributed by atoms with Gasteiger partial charge in [0.05, 0.1) is 0 Å². The number of amides is 1. The summed E-state index contributed by atoms with van der Waals surface area (Å²) in [4.78, 5) is 14.1. The van der Waals surface area contributed by atoms with Crippen molar-refractivity contribution in [2.45, 2.75) is 51.7 Å². The van der Waals surface area contributed by atoms with Crippen LogP contribution in [0.5, 0.6) is 0 Å². The molecule has 0 aromatic heterocycles. The molecule has 0 heterocycles. The number of hydrogen-bond acceptors (Lipinski definition) is 3. The normalized spacial score (nSPS) is 14.8. The molecule has 0 unspecified atom stereocenters. The van der Waals surface area contributed by atoms with Crippen molar-refractivity contribution in [3.8, 4) is 0 Å². The van der Waals surface area contributed by atoms with Crippen LogP contribution in [0, 0.1) is 0 Å². The van der Waals surface area contributed by atoms with Crippen LogP contribution >= 0.6 is 0 Å². The van der Waals surface area contributed by atoms with E-state index in [0.717, 1.165) is 31.6 Å². The number of carbonyl (C=O) groups is 1. The van der Waals surface area contributed by atoms with Gasteiger partial charge in [-0.05, 0) is 44.4 Å². The van der Waals surface area contributed by atoms with Gasteiger partial charge in [0.25, 0.3) is 0 Å². The van der Waals surface area contributed by atoms with Gasteiger partial charge < -0.3 is 11.1 Å². The maximum absolute atomic E-state index is 11.8. The Balaban J connectivity index is 1.84. The number of rotatable bonds is 7. The summed E-state index contributed by atoms with van der Waals surface area (Å²) in [5, 5.41) is 3.04. The van der Waals surface area contributed by atoms with Gasteiger partial charge in [0.15, 0.2) is 0 Å². The van der Waals surface area contributed by atoms with Crippen LogP contribution in [0.4, 0.5) is 5.69 Å². The van der Waals surface area contributed by atoms with Gasteiger partial charge in [0.2, 0.25) is 5.91 Å². The smallest absolute Gasteiger partial charge is 0.221 e. The molecular formula is C16H25N3O. The summed E-state index contributed by atoms with van der Waals surface area (Å²) >= 11 is 0. The molecule has 1 aliphatic carbocycles. The lowest BCUT2D eigenvalue weighted by molar-refractivity contribution is -0.121. The first-order valence-corrected chi connectivity index (χ1v) is 7.42. The van der Waals surface area contributed by atoms with Crippen LogP contribution in [0.15, 0.2) is 24.3 Å². The SMILES string of the molecule is CC(C)N(CCC(=O)NC1CC1)Cc1cccc(N)c1. The van der Waals surface area contributed by atoms with Crippen LogP contribution in [-0.2, 0) is 11.3 Å². The van der Waals surface area contributed by atoms with Gasteiger partial charge in [0.1, 0.15) is 0 Å². The van der Waals surface area contributed by atoms with Gasteiger partial charge in [-0.15, -0.1) is 0 Å². The van der Waals surface area contributed by atoms with E-state index in [-0.39, 0.29) is 5.91 Å². The summed E-state index contributed by atoms with van der Waals surface area (Å²) in [7, 11) is 0. The Morgan fingerprint density at radius 2 is 2.20 bits per heavy atom. The Labute approximate surface area is 121 Å².